The van der Waals surface area contributed by atoms with Crippen LogP contribution < -0.4 is 10.2 Å². The molecule has 1 aliphatic heterocycles. The van der Waals surface area contributed by atoms with Gasteiger partial charge < -0.3 is 5.32 Å². The van der Waals surface area contributed by atoms with Gasteiger partial charge in [0.2, 0.25) is 11.8 Å². The van der Waals surface area contributed by atoms with E-state index in [9.17, 15) is 14.4 Å². The molecule has 5 rings (SSSR count). The third-order valence-electron chi connectivity index (χ3n) is 6.06. The Balaban J connectivity index is 1.36. The third-order valence-corrected chi connectivity index (χ3v) is 6.88. The van der Waals surface area contributed by atoms with E-state index in [0.717, 1.165) is 6.42 Å². The first-order valence-electron chi connectivity index (χ1n) is 9.37. The lowest BCUT2D eigenvalue weighted by Gasteiger charge is -2.17. The summed E-state index contributed by atoms with van der Waals surface area (Å²) in [6, 6.07) is 11.4. The molecule has 1 heterocycles. The fourth-order valence-corrected chi connectivity index (χ4v) is 5.06. The zero-order chi connectivity index (χ0) is 20.3. The smallest absolute Gasteiger partial charge is 0.255 e. The lowest BCUT2D eigenvalue weighted by atomic mass is 9.85. The number of hydrogen-bond acceptors (Lipinski definition) is 3. The molecule has 0 aromatic heterocycles. The molecule has 1 saturated heterocycles. The summed E-state index contributed by atoms with van der Waals surface area (Å²) in [5.74, 6) is -0.799. The van der Waals surface area contributed by atoms with Crippen LogP contribution in [0.25, 0.3) is 0 Å². The summed E-state index contributed by atoms with van der Waals surface area (Å²) >= 11 is 12.1. The Kier molecular flexibility index (Phi) is 4.26. The summed E-state index contributed by atoms with van der Waals surface area (Å²) < 4.78 is 0. The number of fused-ring (bicyclic) bond motifs is 5. The topological polar surface area (TPSA) is 66.5 Å². The van der Waals surface area contributed by atoms with Crippen molar-refractivity contribution in [3.63, 3.8) is 0 Å². The average molecular weight is 427 g/mol. The summed E-state index contributed by atoms with van der Waals surface area (Å²) in [7, 11) is 0. The fraction of sp³-hybridized carbons (Fsp3) is 0.227. The van der Waals surface area contributed by atoms with E-state index in [2.05, 4.69) is 17.5 Å². The van der Waals surface area contributed by atoms with Gasteiger partial charge in [-0.25, -0.2) is 0 Å². The van der Waals surface area contributed by atoms with Crippen LogP contribution in [0.1, 0.15) is 16.8 Å². The lowest BCUT2D eigenvalue weighted by molar-refractivity contribution is -0.123. The highest BCUT2D eigenvalue weighted by Gasteiger charge is 2.59. The maximum atomic E-state index is 12.9. The highest BCUT2D eigenvalue weighted by molar-refractivity contribution is 6.44. The molecule has 3 aliphatic rings. The molecule has 4 atom stereocenters. The lowest BCUT2D eigenvalue weighted by Crippen LogP contribution is -2.32. The zero-order valence-electron chi connectivity index (χ0n) is 15.1. The first-order valence-corrected chi connectivity index (χ1v) is 10.1. The van der Waals surface area contributed by atoms with Crippen molar-refractivity contribution in [2.24, 2.45) is 23.7 Å². The molecule has 1 N–H and O–H groups in total. The monoisotopic (exact) mass is 426 g/mol. The second-order valence-electron chi connectivity index (χ2n) is 7.61. The SMILES string of the molecule is O=C(Nc1cccc(Cl)c1Cl)c1ccc(N2C(=O)[C@@H]3[C@H](C2=O)[C@H]2C=C[C@@H]3C2)cc1. The number of hydrogen-bond donors (Lipinski definition) is 1. The normalized spacial score (nSPS) is 26.9. The van der Waals surface area contributed by atoms with Gasteiger partial charge in [0.05, 0.1) is 33.3 Å². The number of anilines is 2. The first kappa shape index (κ1) is 18.4. The summed E-state index contributed by atoms with van der Waals surface area (Å²) in [4.78, 5) is 39.6. The van der Waals surface area contributed by atoms with Crippen LogP contribution in [-0.2, 0) is 9.59 Å². The number of benzene rings is 2. The van der Waals surface area contributed by atoms with Crippen molar-refractivity contribution in [3.8, 4) is 0 Å². The predicted octanol–water partition coefficient (Wildman–Crippen LogP) is 4.56. The molecular formula is C22H16Cl2N2O3. The quantitative estimate of drug-likeness (QED) is 0.577. The molecule has 1 saturated carbocycles. The minimum Gasteiger partial charge on any atom is -0.321 e. The molecule has 0 radical (unpaired) electrons. The Labute approximate surface area is 177 Å². The van der Waals surface area contributed by atoms with Crippen LogP contribution in [0.3, 0.4) is 0 Å². The molecule has 5 nitrogen and oxygen atoms in total. The number of carbonyl (C=O) groups excluding carboxylic acids is 3. The van der Waals surface area contributed by atoms with Gasteiger partial charge in [0.25, 0.3) is 5.91 Å². The molecule has 2 aliphatic carbocycles. The van der Waals surface area contributed by atoms with E-state index in [1.807, 2.05) is 0 Å². The van der Waals surface area contributed by atoms with E-state index in [1.54, 1.807) is 42.5 Å². The highest BCUT2D eigenvalue weighted by Crippen LogP contribution is 2.53. The maximum absolute atomic E-state index is 12.9. The molecule has 2 aromatic carbocycles. The Hall–Kier alpha value is -2.63. The highest BCUT2D eigenvalue weighted by atomic mass is 35.5. The molecule has 29 heavy (non-hydrogen) atoms. The standard InChI is InChI=1S/C22H16Cl2N2O3/c23-15-2-1-3-16(19(15)24)25-20(27)11-6-8-14(9-7-11)26-21(28)17-12-4-5-13(10-12)18(17)22(26)29/h1-9,12-13,17-18H,10H2,(H,25,27)/t12-,13+,17+,18-. The van der Waals surface area contributed by atoms with Crippen molar-refractivity contribution in [1.82, 2.24) is 0 Å². The van der Waals surface area contributed by atoms with Gasteiger partial charge in [0.1, 0.15) is 0 Å². The Morgan fingerprint density at radius 2 is 1.55 bits per heavy atom. The molecular weight excluding hydrogens is 411 g/mol. The Bertz CT molecular complexity index is 1050. The largest absolute Gasteiger partial charge is 0.321 e. The van der Waals surface area contributed by atoms with Gasteiger partial charge in [-0.05, 0) is 54.7 Å². The van der Waals surface area contributed by atoms with Crippen LogP contribution in [0.15, 0.2) is 54.6 Å². The number of nitrogens with one attached hydrogen (secondary N) is 1. The van der Waals surface area contributed by atoms with Gasteiger partial charge in [-0.15, -0.1) is 0 Å². The van der Waals surface area contributed by atoms with Crippen molar-refractivity contribution < 1.29 is 14.4 Å². The molecule has 2 fully saturated rings. The van der Waals surface area contributed by atoms with Crippen LogP contribution in [0.4, 0.5) is 11.4 Å². The van der Waals surface area contributed by atoms with E-state index in [1.165, 1.54) is 4.90 Å². The van der Waals surface area contributed by atoms with Crippen molar-refractivity contribution in [1.29, 1.82) is 0 Å². The Morgan fingerprint density at radius 1 is 0.931 bits per heavy atom. The minimum atomic E-state index is -0.362. The third kappa shape index (κ3) is 2.80. The molecule has 7 heteroatoms. The molecule has 0 spiro atoms. The van der Waals surface area contributed by atoms with Gasteiger partial charge in [-0.3, -0.25) is 19.3 Å². The van der Waals surface area contributed by atoms with Crippen LogP contribution in [0.2, 0.25) is 10.0 Å². The van der Waals surface area contributed by atoms with Crippen LogP contribution >= 0.6 is 23.2 Å². The predicted molar refractivity (Wildman–Crippen MR) is 111 cm³/mol. The van der Waals surface area contributed by atoms with E-state index in [4.69, 9.17) is 23.2 Å². The first-order chi connectivity index (χ1) is 14.0. The van der Waals surface area contributed by atoms with Gasteiger partial charge in [-0.2, -0.15) is 0 Å². The number of nitrogens with zero attached hydrogens (tertiary/aromatic N) is 1. The molecule has 146 valence electrons. The molecule has 0 unspecified atom stereocenters. The zero-order valence-corrected chi connectivity index (χ0v) is 16.7. The second kappa shape index (κ2) is 6.71. The number of halogens is 2. The van der Waals surface area contributed by atoms with E-state index < -0.39 is 0 Å². The fourth-order valence-electron chi connectivity index (χ4n) is 4.71. The summed E-state index contributed by atoms with van der Waals surface area (Å²) in [5.41, 5.74) is 1.28. The van der Waals surface area contributed by atoms with Gasteiger partial charge in [0, 0.05) is 5.56 Å². The van der Waals surface area contributed by atoms with Gasteiger partial charge in [0.15, 0.2) is 0 Å². The molecule has 2 aromatic rings. The number of carbonyl (C=O) groups is 3. The number of allylic oxidation sites excluding steroid dienone is 2. The molecule has 2 bridgehead atoms. The molecule has 3 amide bonds. The Morgan fingerprint density at radius 3 is 2.17 bits per heavy atom. The second-order valence-corrected chi connectivity index (χ2v) is 8.40. The number of rotatable bonds is 3. The number of imide groups is 1. The maximum Gasteiger partial charge on any atom is 0.255 e. The summed E-state index contributed by atoms with van der Waals surface area (Å²) in [6.07, 6.45) is 5.02. The van der Waals surface area contributed by atoms with Crippen molar-refractivity contribution >= 4 is 52.3 Å². The van der Waals surface area contributed by atoms with E-state index in [-0.39, 0.29) is 46.4 Å². The summed E-state index contributed by atoms with van der Waals surface area (Å²) in [5, 5.41) is 3.33. The van der Waals surface area contributed by atoms with Crippen molar-refractivity contribution in [3.05, 3.63) is 70.2 Å². The van der Waals surface area contributed by atoms with Crippen LogP contribution in [0.5, 0.6) is 0 Å². The van der Waals surface area contributed by atoms with Gasteiger partial charge >= 0.3 is 0 Å². The van der Waals surface area contributed by atoms with Crippen molar-refractivity contribution in [2.75, 3.05) is 10.2 Å². The summed E-state index contributed by atoms with van der Waals surface area (Å²) in [6.45, 7) is 0. The van der Waals surface area contributed by atoms with Gasteiger partial charge in [-0.1, -0.05) is 41.4 Å². The van der Waals surface area contributed by atoms with Crippen LogP contribution in [-0.4, -0.2) is 17.7 Å². The van der Waals surface area contributed by atoms with Crippen LogP contribution in [0, 0.1) is 23.7 Å². The van der Waals surface area contributed by atoms with E-state index in [0.29, 0.717) is 22.0 Å². The average Bonchev–Trinajstić information content (AvgIpc) is 3.39. The van der Waals surface area contributed by atoms with Crippen molar-refractivity contribution in [2.45, 2.75) is 6.42 Å². The van der Waals surface area contributed by atoms with E-state index >= 15 is 0 Å². The minimum absolute atomic E-state index is 0.139. The number of amides is 3.